The smallest absolute Gasteiger partial charge is 0.134 e. The topological polar surface area (TPSA) is 45.4 Å². The average Bonchev–Trinajstić information content (AvgIpc) is 3.01. The molecule has 1 aliphatic rings. The number of hydrogen-bond acceptors (Lipinski definition) is 3. The molecule has 0 bridgehead atoms. The van der Waals surface area contributed by atoms with Crippen molar-refractivity contribution in [3.8, 4) is 0 Å². The fourth-order valence-corrected chi connectivity index (χ4v) is 3.28. The second kappa shape index (κ2) is 5.58. The van der Waals surface area contributed by atoms with Crippen molar-refractivity contribution in [3.05, 3.63) is 35.6 Å². The van der Waals surface area contributed by atoms with E-state index in [9.17, 15) is 5.11 Å². The molecule has 0 radical (unpaired) electrons. The molecule has 1 saturated carbocycles. The van der Waals surface area contributed by atoms with E-state index < -0.39 is 0 Å². The summed E-state index contributed by atoms with van der Waals surface area (Å²) in [7, 11) is 0. The molecule has 3 nitrogen and oxygen atoms in total. The van der Waals surface area contributed by atoms with E-state index in [1.807, 2.05) is 18.2 Å². The molecular formula is C17H23NO2. The second-order valence-electron chi connectivity index (χ2n) is 6.05. The first-order chi connectivity index (χ1) is 9.65. The van der Waals surface area contributed by atoms with Crippen LogP contribution in [0.3, 0.4) is 0 Å². The normalized spacial score (nSPS) is 24.4. The third kappa shape index (κ3) is 2.60. The van der Waals surface area contributed by atoms with Crippen molar-refractivity contribution in [3.63, 3.8) is 0 Å². The van der Waals surface area contributed by atoms with Crippen molar-refractivity contribution in [2.24, 2.45) is 5.92 Å². The van der Waals surface area contributed by atoms with E-state index in [4.69, 9.17) is 4.42 Å². The maximum atomic E-state index is 9.57. The van der Waals surface area contributed by atoms with Crippen LogP contribution in [0.4, 0.5) is 0 Å². The average molecular weight is 273 g/mol. The van der Waals surface area contributed by atoms with Crippen LogP contribution >= 0.6 is 0 Å². The Hall–Kier alpha value is -1.32. The van der Waals surface area contributed by atoms with Gasteiger partial charge in [0, 0.05) is 5.39 Å². The lowest BCUT2D eigenvalue weighted by Gasteiger charge is -2.16. The minimum atomic E-state index is -0.0926. The molecule has 0 saturated heterocycles. The largest absolute Gasteiger partial charge is 0.459 e. The van der Waals surface area contributed by atoms with Gasteiger partial charge in [-0.05, 0) is 57.2 Å². The minimum Gasteiger partial charge on any atom is -0.459 e. The van der Waals surface area contributed by atoms with Gasteiger partial charge in [0.25, 0.3) is 0 Å². The summed E-state index contributed by atoms with van der Waals surface area (Å²) < 4.78 is 5.99. The van der Waals surface area contributed by atoms with E-state index >= 15 is 0 Å². The van der Waals surface area contributed by atoms with Crippen LogP contribution in [0.25, 0.3) is 11.0 Å². The number of aliphatic hydroxyl groups excluding tert-OH is 1. The number of nitrogens with one attached hydrogen (secondary N) is 1. The van der Waals surface area contributed by atoms with Crippen LogP contribution in [0.5, 0.6) is 0 Å². The molecule has 3 unspecified atom stereocenters. The van der Waals surface area contributed by atoms with Gasteiger partial charge in [-0.25, -0.2) is 0 Å². The highest BCUT2D eigenvalue weighted by atomic mass is 16.3. The molecule has 3 atom stereocenters. The van der Waals surface area contributed by atoms with E-state index in [1.165, 1.54) is 10.9 Å². The first-order valence-corrected chi connectivity index (χ1v) is 7.54. The molecule has 2 N–H and O–H groups in total. The first kappa shape index (κ1) is 13.7. The zero-order valence-corrected chi connectivity index (χ0v) is 12.2. The van der Waals surface area contributed by atoms with E-state index in [0.717, 1.165) is 37.2 Å². The molecule has 1 heterocycles. The minimum absolute atomic E-state index is 0.0926. The van der Waals surface area contributed by atoms with E-state index in [-0.39, 0.29) is 12.1 Å². The third-order valence-corrected chi connectivity index (χ3v) is 4.50. The van der Waals surface area contributed by atoms with Gasteiger partial charge in [-0.1, -0.05) is 18.2 Å². The van der Waals surface area contributed by atoms with E-state index in [0.29, 0.717) is 5.92 Å². The van der Waals surface area contributed by atoms with Crippen molar-refractivity contribution in [2.75, 3.05) is 6.54 Å². The van der Waals surface area contributed by atoms with E-state index in [1.54, 1.807) is 0 Å². The molecule has 2 aromatic rings. The van der Waals surface area contributed by atoms with Crippen LogP contribution in [0.1, 0.15) is 43.6 Å². The number of aryl methyl sites for hydroxylation is 1. The monoisotopic (exact) mass is 273 g/mol. The van der Waals surface area contributed by atoms with Gasteiger partial charge >= 0.3 is 0 Å². The van der Waals surface area contributed by atoms with Gasteiger partial charge in [0.05, 0.1) is 12.1 Å². The summed E-state index contributed by atoms with van der Waals surface area (Å²) in [5.41, 5.74) is 2.19. The number of para-hydroxylation sites is 1. The number of aliphatic hydroxyl groups is 1. The first-order valence-electron chi connectivity index (χ1n) is 7.54. The molecule has 1 fully saturated rings. The highest BCUT2D eigenvalue weighted by molar-refractivity contribution is 5.82. The van der Waals surface area contributed by atoms with Gasteiger partial charge in [-0.2, -0.15) is 0 Å². The Labute approximate surface area is 120 Å². The lowest BCUT2D eigenvalue weighted by atomic mass is 10.1. The Morgan fingerprint density at radius 2 is 2.15 bits per heavy atom. The number of fused-ring (bicyclic) bond motifs is 1. The lowest BCUT2D eigenvalue weighted by molar-refractivity contribution is 0.177. The Morgan fingerprint density at radius 1 is 1.35 bits per heavy atom. The summed E-state index contributed by atoms with van der Waals surface area (Å²) >= 11 is 0. The van der Waals surface area contributed by atoms with Crippen molar-refractivity contribution < 1.29 is 9.52 Å². The molecule has 3 rings (SSSR count). The summed E-state index contributed by atoms with van der Waals surface area (Å²) in [6.45, 7) is 5.23. The molecule has 1 aromatic carbocycles. The standard InChI is InChI=1S/C17H23NO2/c1-11-15-5-3-4-6-16(15)20-17(11)12(2)18-10-13-7-8-14(19)9-13/h3-6,12-14,18-19H,7-10H2,1-2H3. The molecule has 20 heavy (non-hydrogen) atoms. The summed E-state index contributed by atoms with van der Waals surface area (Å²) in [6, 6.07) is 8.39. The van der Waals surface area contributed by atoms with Crippen LogP contribution in [0.2, 0.25) is 0 Å². The SMILES string of the molecule is Cc1c(C(C)NCC2CCC(O)C2)oc2ccccc12. The fourth-order valence-electron chi connectivity index (χ4n) is 3.28. The lowest BCUT2D eigenvalue weighted by Crippen LogP contribution is -2.25. The molecule has 0 amide bonds. The molecule has 1 aromatic heterocycles. The molecular weight excluding hydrogens is 250 g/mol. The number of benzene rings is 1. The van der Waals surface area contributed by atoms with Gasteiger partial charge in [0.1, 0.15) is 11.3 Å². The Balaban J connectivity index is 1.69. The fraction of sp³-hybridized carbons (Fsp3) is 0.529. The van der Waals surface area contributed by atoms with Crippen LogP contribution in [-0.4, -0.2) is 17.8 Å². The summed E-state index contributed by atoms with van der Waals surface area (Å²) in [4.78, 5) is 0. The van der Waals surface area contributed by atoms with Gasteiger partial charge in [-0.15, -0.1) is 0 Å². The van der Waals surface area contributed by atoms with Crippen LogP contribution in [0, 0.1) is 12.8 Å². The zero-order chi connectivity index (χ0) is 14.1. The molecule has 3 heteroatoms. The second-order valence-corrected chi connectivity index (χ2v) is 6.05. The summed E-state index contributed by atoms with van der Waals surface area (Å²) in [5, 5.41) is 14.3. The van der Waals surface area contributed by atoms with Gasteiger partial charge in [-0.3, -0.25) is 0 Å². The Kier molecular flexibility index (Phi) is 3.81. The van der Waals surface area contributed by atoms with Gasteiger partial charge in [0.2, 0.25) is 0 Å². The third-order valence-electron chi connectivity index (χ3n) is 4.50. The molecule has 1 aliphatic carbocycles. The zero-order valence-electron chi connectivity index (χ0n) is 12.2. The molecule has 108 valence electrons. The maximum Gasteiger partial charge on any atom is 0.134 e. The highest BCUT2D eigenvalue weighted by Crippen LogP contribution is 2.30. The molecule has 0 aliphatic heterocycles. The number of rotatable bonds is 4. The van der Waals surface area contributed by atoms with Crippen LogP contribution in [-0.2, 0) is 0 Å². The van der Waals surface area contributed by atoms with Crippen molar-refractivity contribution in [1.82, 2.24) is 5.32 Å². The quantitative estimate of drug-likeness (QED) is 0.895. The van der Waals surface area contributed by atoms with E-state index in [2.05, 4.69) is 25.2 Å². The predicted molar refractivity (Wildman–Crippen MR) is 80.7 cm³/mol. The van der Waals surface area contributed by atoms with Crippen LogP contribution < -0.4 is 5.32 Å². The van der Waals surface area contributed by atoms with Gasteiger partial charge < -0.3 is 14.8 Å². The summed E-state index contributed by atoms with van der Waals surface area (Å²) in [5.74, 6) is 1.63. The number of furan rings is 1. The Bertz CT molecular complexity index is 590. The van der Waals surface area contributed by atoms with Crippen molar-refractivity contribution >= 4 is 11.0 Å². The molecule has 0 spiro atoms. The van der Waals surface area contributed by atoms with Gasteiger partial charge in [0.15, 0.2) is 0 Å². The number of hydrogen-bond donors (Lipinski definition) is 2. The van der Waals surface area contributed by atoms with Crippen molar-refractivity contribution in [2.45, 2.75) is 45.3 Å². The Morgan fingerprint density at radius 3 is 2.85 bits per heavy atom. The highest BCUT2D eigenvalue weighted by Gasteiger charge is 2.24. The summed E-state index contributed by atoms with van der Waals surface area (Å²) in [6.07, 6.45) is 2.91. The van der Waals surface area contributed by atoms with Crippen molar-refractivity contribution in [1.29, 1.82) is 0 Å². The predicted octanol–water partition coefficient (Wildman–Crippen LogP) is 3.55. The van der Waals surface area contributed by atoms with Crippen LogP contribution in [0.15, 0.2) is 28.7 Å². The maximum absolute atomic E-state index is 9.57.